The number of hydrogen-bond donors (Lipinski definition) is 1. The van der Waals surface area contributed by atoms with Crippen molar-refractivity contribution in [1.82, 2.24) is 0 Å². The Kier molecular flexibility index (Phi) is 4.55. The number of rotatable bonds is 1. The molecule has 0 spiro atoms. The van der Waals surface area contributed by atoms with Gasteiger partial charge in [0.15, 0.2) is 0 Å². The minimum Gasteiger partial charge on any atom is -0.328 e. The van der Waals surface area contributed by atoms with E-state index in [4.69, 9.17) is 5.73 Å². The number of halogens is 2. The fourth-order valence-electron chi connectivity index (χ4n) is 2.27. The van der Waals surface area contributed by atoms with E-state index < -0.39 is 0 Å². The molecule has 0 unspecified atom stereocenters. The summed E-state index contributed by atoms with van der Waals surface area (Å²) in [6, 6.07) is 7.18. The van der Waals surface area contributed by atoms with Crippen LogP contribution in [0.3, 0.4) is 0 Å². The minimum atomic E-state index is -0.158. The molecule has 2 rings (SSSR count). The standard InChI is InChI=1S/C12H16FN.ClH/c13-11-6-4-9(5-7-11)10-2-1-3-12(14)8-10;/h4-7,10,12H,1-3,8,14H2;1H/t10-,12+;/m0./s1. The lowest BCUT2D eigenvalue weighted by Crippen LogP contribution is -2.26. The maximum atomic E-state index is 12.7. The molecular weight excluding hydrogens is 213 g/mol. The van der Waals surface area contributed by atoms with E-state index in [-0.39, 0.29) is 18.2 Å². The van der Waals surface area contributed by atoms with Gasteiger partial charge in [-0.1, -0.05) is 18.6 Å². The highest BCUT2D eigenvalue weighted by Crippen LogP contribution is 2.31. The molecule has 1 saturated carbocycles. The Morgan fingerprint density at radius 3 is 2.40 bits per heavy atom. The predicted octanol–water partition coefficient (Wildman–Crippen LogP) is 3.23. The molecule has 84 valence electrons. The van der Waals surface area contributed by atoms with Crippen LogP contribution >= 0.6 is 12.4 Å². The molecule has 0 heterocycles. The molecule has 0 aliphatic heterocycles. The topological polar surface area (TPSA) is 26.0 Å². The van der Waals surface area contributed by atoms with Crippen molar-refractivity contribution in [2.24, 2.45) is 5.73 Å². The summed E-state index contributed by atoms with van der Waals surface area (Å²) in [5.41, 5.74) is 7.16. The molecule has 15 heavy (non-hydrogen) atoms. The van der Waals surface area contributed by atoms with Crippen LogP contribution < -0.4 is 5.73 Å². The molecule has 0 bridgehead atoms. The van der Waals surface area contributed by atoms with E-state index in [2.05, 4.69) is 0 Å². The molecule has 1 aromatic rings. The van der Waals surface area contributed by atoms with Gasteiger partial charge in [0.25, 0.3) is 0 Å². The zero-order valence-corrected chi connectivity index (χ0v) is 9.47. The van der Waals surface area contributed by atoms with Crippen LogP contribution in [0.2, 0.25) is 0 Å². The molecule has 0 amide bonds. The molecule has 1 aromatic carbocycles. The summed E-state index contributed by atoms with van der Waals surface area (Å²) in [5.74, 6) is 0.383. The highest BCUT2D eigenvalue weighted by molar-refractivity contribution is 5.85. The number of benzene rings is 1. The van der Waals surface area contributed by atoms with Crippen LogP contribution in [-0.4, -0.2) is 6.04 Å². The fraction of sp³-hybridized carbons (Fsp3) is 0.500. The molecule has 1 aliphatic carbocycles. The predicted molar refractivity (Wildman–Crippen MR) is 62.8 cm³/mol. The van der Waals surface area contributed by atoms with E-state index in [1.807, 2.05) is 12.1 Å². The second-order valence-corrected chi connectivity index (χ2v) is 4.18. The normalized spacial score (nSPS) is 25.7. The first-order valence-corrected chi connectivity index (χ1v) is 5.27. The van der Waals surface area contributed by atoms with Gasteiger partial charge in [0.05, 0.1) is 0 Å². The third-order valence-corrected chi connectivity index (χ3v) is 3.06. The molecular formula is C12H17ClFN. The summed E-state index contributed by atoms with van der Waals surface area (Å²) >= 11 is 0. The van der Waals surface area contributed by atoms with E-state index in [9.17, 15) is 4.39 Å². The lowest BCUT2D eigenvalue weighted by Gasteiger charge is -2.26. The molecule has 0 aromatic heterocycles. The zero-order valence-electron chi connectivity index (χ0n) is 8.66. The third kappa shape index (κ3) is 3.18. The quantitative estimate of drug-likeness (QED) is 0.786. The molecule has 2 atom stereocenters. The van der Waals surface area contributed by atoms with Gasteiger partial charge in [0, 0.05) is 6.04 Å². The highest BCUT2D eigenvalue weighted by Gasteiger charge is 2.20. The van der Waals surface area contributed by atoms with Gasteiger partial charge in [-0.15, -0.1) is 12.4 Å². The maximum absolute atomic E-state index is 12.7. The molecule has 2 N–H and O–H groups in total. The van der Waals surface area contributed by atoms with Crippen molar-refractivity contribution in [1.29, 1.82) is 0 Å². The second-order valence-electron chi connectivity index (χ2n) is 4.18. The van der Waals surface area contributed by atoms with E-state index >= 15 is 0 Å². The summed E-state index contributed by atoms with van der Waals surface area (Å²) in [5, 5.41) is 0. The van der Waals surface area contributed by atoms with Crippen LogP contribution in [0.5, 0.6) is 0 Å². The first-order valence-electron chi connectivity index (χ1n) is 5.27. The van der Waals surface area contributed by atoms with Crippen molar-refractivity contribution in [3.63, 3.8) is 0 Å². The zero-order chi connectivity index (χ0) is 9.97. The van der Waals surface area contributed by atoms with E-state index in [1.165, 1.54) is 30.5 Å². The summed E-state index contributed by atoms with van der Waals surface area (Å²) < 4.78 is 12.7. The Morgan fingerprint density at radius 2 is 1.80 bits per heavy atom. The first kappa shape index (κ1) is 12.5. The van der Waals surface area contributed by atoms with Crippen molar-refractivity contribution < 1.29 is 4.39 Å². The third-order valence-electron chi connectivity index (χ3n) is 3.06. The van der Waals surface area contributed by atoms with Crippen molar-refractivity contribution in [3.05, 3.63) is 35.6 Å². The smallest absolute Gasteiger partial charge is 0.123 e. The molecule has 1 nitrogen and oxygen atoms in total. The molecule has 1 fully saturated rings. The Bertz CT molecular complexity index is 299. The van der Waals surface area contributed by atoms with Crippen LogP contribution in [0.4, 0.5) is 4.39 Å². The van der Waals surface area contributed by atoms with Gasteiger partial charge in [-0.05, 0) is 42.9 Å². The summed E-state index contributed by atoms with van der Waals surface area (Å²) in [6.07, 6.45) is 4.58. The van der Waals surface area contributed by atoms with Crippen LogP contribution in [-0.2, 0) is 0 Å². The average Bonchev–Trinajstić information content (AvgIpc) is 2.19. The van der Waals surface area contributed by atoms with Crippen LogP contribution in [0.25, 0.3) is 0 Å². The van der Waals surface area contributed by atoms with Crippen molar-refractivity contribution in [2.75, 3.05) is 0 Å². The van der Waals surface area contributed by atoms with Crippen molar-refractivity contribution >= 4 is 12.4 Å². The Balaban J connectivity index is 0.00000112. The highest BCUT2D eigenvalue weighted by atomic mass is 35.5. The van der Waals surface area contributed by atoms with Gasteiger partial charge in [-0.2, -0.15) is 0 Å². The Labute approximate surface area is 96.3 Å². The second kappa shape index (κ2) is 5.47. The fourth-order valence-corrected chi connectivity index (χ4v) is 2.27. The van der Waals surface area contributed by atoms with Crippen molar-refractivity contribution in [2.45, 2.75) is 37.6 Å². The molecule has 0 radical (unpaired) electrons. The van der Waals surface area contributed by atoms with Crippen LogP contribution in [0.1, 0.15) is 37.2 Å². The van der Waals surface area contributed by atoms with Crippen molar-refractivity contribution in [3.8, 4) is 0 Å². The SMILES string of the molecule is Cl.N[C@@H]1CCC[C@H](c2ccc(F)cc2)C1. The summed E-state index contributed by atoms with van der Waals surface area (Å²) in [4.78, 5) is 0. The average molecular weight is 230 g/mol. The van der Waals surface area contributed by atoms with E-state index in [0.29, 0.717) is 12.0 Å². The largest absolute Gasteiger partial charge is 0.328 e. The first-order chi connectivity index (χ1) is 6.75. The van der Waals surface area contributed by atoms with Gasteiger partial charge >= 0.3 is 0 Å². The van der Waals surface area contributed by atoms with E-state index in [0.717, 1.165) is 12.8 Å². The summed E-state index contributed by atoms with van der Waals surface area (Å²) in [6.45, 7) is 0. The monoisotopic (exact) mass is 229 g/mol. The lowest BCUT2D eigenvalue weighted by molar-refractivity contribution is 0.393. The lowest BCUT2D eigenvalue weighted by atomic mass is 9.82. The Hall–Kier alpha value is -0.600. The minimum absolute atomic E-state index is 0. The van der Waals surface area contributed by atoms with Gasteiger partial charge in [0.2, 0.25) is 0 Å². The van der Waals surface area contributed by atoms with Crippen LogP contribution in [0.15, 0.2) is 24.3 Å². The molecule has 1 aliphatic rings. The van der Waals surface area contributed by atoms with Gasteiger partial charge in [0.1, 0.15) is 5.82 Å². The van der Waals surface area contributed by atoms with Gasteiger partial charge in [-0.3, -0.25) is 0 Å². The molecule has 3 heteroatoms. The van der Waals surface area contributed by atoms with Crippen LogP contribution in [0, 0.1) is 5.82 Å². The molecule has 0 saturated heterocycles. The summed E-state index contributed by atoms with van der Waals surface area (Å²) in [7, 11) is 0. The van der Waals surface area contributed by atoms with Gasteiger partial charge in [-0.25, -0.2) is 4.39 Å². The number of hydrogen-bond acceptors (Lipinski definition) is 1. The number of nitrogens with two attached hydrogens (primary N) is 1. The maximum Gasteiger partial charge on any atom is 0.123 e. The van der Waals surface area contributed by atoms with Gasteiger partial charge < -0.3 is 5.73 Å². The van der Waals surface area contributed by atoms with E-state index in [1.54, 1.807) is 0 Å². The Morgan fingerprint density at radius 1 is 1.13 bits per heavy atom.